The number of nitrogens with zero attached hydrogens (tertiary/aromatic N) is 1. The van der Waals surface area contributed by atoms with Gasteiger partial charge < -0.3 is 16.2 Å². The summed E-state index contributed by atoms with van der Waals surface area (Å²) in [5, 5.41) is 20.0. The van der Waals surface area contributed by atoms with Crippen LogP contribution >= 0.6 is 0 Å². The summed E-state index contributed by atoms with van der Waals surface area (Å²) in [6.07, 6.45) is -0.0504. The van der Waals surface area contributed by atoms with Crippen molar-refractivity contribution in [2.45, 2.75) is 25.3 Å². The molecule has 0 aromatic heterocycles. The number of carbonyl (C=O) groups excluding carboxylic acids is 2. The number of carboxylic acid groups (broad SMARTS) is 1. The lowest BCUT2D eigenvalue weighted by molar-refractivity contribution is -0.139. The molecule has 1 atom stereocenters. The third-order valence-electron chi connectivity index (χ3n) is 2.76. The smallest absolute Gasteiger partial charge is 0.326 e. The highest BCUT2D eigenvalue weighted by atomic mass is 16.4. The number of carbonyl (C=O) groups is 3. The predicted molar refractivity (Wildman–Crippen MR) is 73.1 cm³/mol. The quantitative estimate of drug-likeness (QED) is 0.659. The fourth-order valence-corrected chi connectivity index (χ4v) is 1.70. The molecule has 0 fully saturated rings. The minimum absolute atomic E-state index is 0.0751. The summed E-state index contributed by atoms with van der Waals surface area (Å²) in [6.45, 7) is 0. The van der Waals surface area contributed by atoms with Gasteiger partial charge in [-0.15, -0.1) is 0 Å². The van der Waals surface area contributed by atoms with Crippen molar-refractivity contribution in [2.24, 2.45) is 5.73 Å². The minimum Gasteiger partial charge on any atom is -0.480 e. The van der Waals surface area contributed by atoms with Crippen molar-refractivity contribution in [2.75, 3.05) is 0 Å². The van der Waals surface area contributed by atoms with Gasteiger partial charge in [0.1, 0.15) is 6.04 Å². The SMILES string of the molecule is N#CCc1cccc(C(=O)NC(CCC(N)=O)C(=O)O)c1. The van der Waals surface area contributed by atoms with Crippen LogP contribution in [0, 0.1) is 11.3 Å². The Hall–Kier alpha value is -2.88. The zero-order valence-corrected chi connectivity index (χ0v) is 11.2. The molecule has 0 aliphatic carbocycles. The maximum Gasteiger partial charge on any atom is 0.326 e. The Morgan fingerprint density at radius 3 is 2.67 bits per heavy atom. The van der Waals surface area contributed by atoms with E-state index in [9.17, 15) is 14.4 Å². The Morgan fingerprint density at radius 2 is 2.10 bits per heavy atom. The van der Waals surface area contributed by atoms with E-state index in [2.05, 4.69) is 5.32 Å². The third kappa shape index (κ3) is 5.32. The van der Waals surface area contributed by atoms with Crippen LogP contribution in [0.1, 0.15) is 28.8 Å². The number of nitrogens with one attached hydrogen (secondary N) is 1. The van der Waals surface area contributed by atoms with E-state index in [0.717, 1.165) is 0 Å². The van der Waals surface area contributed by atoms with E-state index in [1.165, 1.54) is 12.1 Å². The maximum absolute atomic E-state index is 12.0. The lowest BCUT2D eigenvalue weighted by Crippen LogP contribution is -2.41. The summed E-state index contributed by atoms with van der Waals surface area (Å²) in [6, 6.07) is 7.12. The monoisotopic (exact) mass is 289 g/mol. The molecule has 0 saturated heterocycles. The molecule has 0 aliphatic heterocycles. The number of aliphatic carboxylic acids is 1. The van der Waals surface area contributed by atoms with Gasteiger partial charge in [0.2, 0.25) is 5.91 Å². The molecule has 0 aliphatic rings. The standard InChI is InChI=1S/C14H15N3O4/c15-7-6-9-2-1-3-10(8-9)13(19)17-11(14(20)21)4-5-12(16)18/h1-3,8,11H,4-6H2,(H2,16,18)(H,17,19)(H,20,21). The lowest BCUT2D eigenvalue weighted by atomic mass is 10.1. The number of nitriles is 1. The topological polar surface area (TPSA) is 133 Å². The van der Waals surface area contributed by atoms with Gasteiger partial charge in [0.25, 0.3) is 5.91 Å². The van der Waals surface area contributed by atoms with E-state index >= 15 is 0 Å². The van der Waals surface area contributed by atoms with E-state index in [0.29, 0.717) is 5.56 Å². The highest BCUT2D eigenvalue weighted by Crippen LogP contribution is 2.07. The second-order valence-electron chi connectivity index (χ2n) is 4.40. The molecular formula is C14H15N3O4. The number of benzene rings is 1. The zero-order chi connectivity index (χ0) is 15.8. The number of hydrogen-bond donors (Lipinski definition) is 3. The van der Waals surface area contributed by atoms with Gasteiger partial charge >= 0.3 is 5.97 Å². The van der Waals surface area contributed by atoms with Gasteiger partial charge in [-0.05, 0) is 24.1 Å². The van der Waals surface area contributed by atoms with Crippen LogP contribution < -0.4 is 11.1 Å². The summed E-state index contributed by atoms with van der Waals surface area (Å²) in [7, 11) is 0. The van der Waals surface area contributed by atoms with E-state index in [1.54, 1.807) is 12.1 Å². The molecule has 0 spiro atoms. The van der Waals surface area contributed by atoms with Gasteiger partial charge in [-0.2, -0.15) is 5.26 Å². The number of hydrogen-bond acceptors (Lipinski definition) is 4. The van der Waals surface area contributed by atoms with Crippen LogP contribution in [0.4, 0.5) is 0 Å². The van der Waals surface area contributed by atoms with Crippen LogP contribution in [0.25, 0.3) is 0 Å². The van der Waals surface area contributed by atoms with Crippen LogP contribution in [0.15, 0.2) is 24.3 Å². The summed E-state index contributed by atoms with van der Waals surface area (Å²) in [5.41, 5.74) is 5.88. The molecule has 2 amide bonds. The van der Waals surface area contributed by atoms with Crippen LogP contribution in [-0.4, -0.2) is 28.9 Å². The van der Waals surface area contributed by atoms with Crippen molar-refractivity contribution in [1.82, 2.24) is 5.32 Å². The van der Waals surface area contributed by atoms with Gasteiger partial charge in [0.05, 0.1) is 12.5 Å². The van der Waals surface area contributed by atoms with Crippen LogP contribution in [0.2, 0.25) is 0 Å². The van der Waals surface area contributed by atoms with Crippen LogP contribution in [0.5, 0.6) is 0 Å². The largest absolute Gasteiger partial charge is 0.480 e. The van der Waals surface area contributed by atoms with E-state index in [-0.39, 0.29) is 24.8 Å². The molecule has 0 heterocycles. The molecule has 0 radical (unpaired) electrons. The molecule has 7 heteroatoms. The van der Waals surface area contributed by atoms with E-state index in [1.807, 2.05) is 6.07 Å². The molecule has 1 unspecified atom stereocenters. The first-order valence-electron chi connectivity index (χ1n) is 6.22. The average Bonchev–Trinajstić information content (AvgIpc) is 2.43. The van der Waals surface area contributed by atoms with Gasteiger partial charge in [-0.1, -0.05) is 12.1 Å². The maximum atomic E-state index is 12.0. The molecule has 110 valence electrons. The summed E-state index contributed by atoms with van der Waals surface area (Å²) in [5.74, 6) is -2.45. The van der Waals surface area contributed by atoms with Gasteiger partial charge in [0, 0.05) is 12.0 Å². The molecule has 0 saturated carbocycles. The molecule has 21 heavy (non-hydrogen) atoms. The predicted octanol–water partition coefficient (Wildman–Crippen LogP) is 0.201. The highest BCUT2D eigenvalue weighted by Gasteiger charge is 2.21. The molecule has 1 aromatic rings. The number of primary amides is 1. The number of nitrogens with two attached hydrogens (primary N) is 1. The van der Waals surface area contributed by atoms with E-state index in [4.69, 9.17) is 16.1 Å². The fourth-order valence-electron chi connectivity index (χ4n) is 1.70. The second-order valence-corrected chi connectivity index (χ2v) is 4.40. The van der Waals surface area contributed by atoms with Crippen molar-refractivity contribution in [3.63, 3.8) is 0 Å². The van der Waals surface area contributed by atoms with Crippen molar-refractivity contribution in [1.29, 1.82) is 5.26 Å². The summed E-state index contributed by atoms with van der Waals surface area (Å²) in [4.78, 5) is 33.7. The summed E-state index contributed by atoms with van der Waals surface area (Å²) < 4.78 is 0. The first-order chi connectivity index (χ1) is 9.93. The Morgan fingerprint density at radius 1 is 1.38 bits per heavy atom. The van der Waals surface area contributed by atoms with Crippen molar-refractivity contribution >= 4 is 17.8 Å². The third-order valence-corrected chi connectivity index (χ3v) is 2.76. The first kappa shape index (κ1) is 16.2. The number of amides is 2. The zero-order valence-electron chi connectivity index (χ0n) is 11.2. The number of carboxylic acids is 1. The second kappa shape index (κ2) is 7.65. The van der Waals surface area contributed by atoms with Crippen molar-refractivity contribution < 1.29 is 19.5 Å². The molecule has 1 aromatic carbocycles. The van der Waals surface area contributed by atoms with Crippen molar-refractivity contribution in [3.8, 4) is 6.07 Å². The molecule has 1 rings (SSSR count). The Kier molecular flexibility index (Phi) is 5.89. The van der Waals surface area contributed by atoms with Crippen LogP contribution in [-0.2, 0) is 16.0 Å². The van der Waals surface area contributed by atoms with Crippen molar-refractivity contribution in [3.05, 3.63) is 35.4 Å². The molecule has 7 nitrogen and oxygen atoms in total. The minimum atomic E-state index is -1.24. The average molecular weight is 289 g/mol. The molecule has 4 N–H and O–H groups in total. The Bertz CT molecular complexity index is 592. The lowest BCUT2D eigenvalue weighted by Gasteiger charge is -2.14. The number of rotatable bonds is 7. The Labute approximate surface area is 121 Å². The van der Waals surface area contributed by atoms with E-state index < -0.39 is 23.8 Å². The molecular weight excluding hydrogens is 274 g/mol. The highest BCUT2D eigenvalue weighted by molar-refractivity contribution is 5.96. The summed E-state index contributed by atoms with van der Waals surface area (Å²) >= 11 is 0. The van der Waals surface area contributed by atoms with Gasteiger partial charge in [-0.3, -0.25) is 9.59 Å². The van der Waals surface area contributed by atoms with Gasteiger partial charge in [-0.25, -0.2) is 4.79 Å². The van der Waals surface area contributed by atoms with Crippen LogP contribution in [0.3, 0.4) is 0 Å². The fraction of sp³-hybridized carbons (Fsp3) is 0.286. The Balaban J connectivity index is 2.77. The molecule has 0 bridgehead atoms. The first-order valence-corrected chi connectivity index (χ1v) is 6.22. The normalized spacial score (nSPS) is 11.2. The van der Waals surface area contributed by atoms with Gasteiger partial charge in [0.15, 0.2) is 0 Å².